The lowest BCUT2D eigenvalue weighted by atomic mass is 10.1. The predicted molar refractivity (Wildman–Crippen MR) is 53.8 cm³/mol. The molecule has 0 saturated heterocycles. The summed E-state index contributed by atoms with van der Waals surface area (Å²) >= 11 is 0. The van der Waals surface area contributed by atoms with E-state index in [2.05, 4.69) is 10.0 Å². The molecule has 6 heteroatoms. The fourth-order valence-corrected chi connectivity index (χ4v) is 0.974. The molecule has 0 saturated carbocycles. The molecule has 0 fully saturated rings. The average molecular weight is 210 g/mol. The lowest BCUT2D eigenvalue weighted by Crippen LogP contribution is -1.94. The molecule has 1 rings (SSSR count). The highest BCUT2D eigenvalue weighted by Gasteiger charge is 2.04. The first-order chi connectivity index (χ1) is 7.15. The number of nitrogens with zero attached hydrogens (tertiary/aromatic N) is 3. The Balaban J connectivity index is 2.90. The second-order valence-corrected chi connectivity index (χ2v) is 2.71. The molecule has 1 aromatic carbocycles. The van der Waals surface area contributed by atoms with Gasteiger partial charge in [-0.2, -0.15) is 0 Å². The molecular weight excluding hydrogens is 202 g/mol. The molecule has 0 radical (unpaired) electrons. The summed E-state index contributed by atoms with van der Waals surface area (Å²) in [5.74, 6) is -1.50. The highest BCUT2D eigenvalue weighted by Crippen LogP contribution is 2.17. The van der Waals surface area contributed by atoms with Crippen molar-refractivity contribution in [1.82, 2.24) is 0 Å². The number of rotatable bonds is 3. The second-order valence-electron chi connectivity index (χ2n) is 2.71. The maximum Gasteiger partial charge on any atom is 0.149 e. The van der Waals surface area contributed by atoms with Crippen LogP contribution in [0.25, 0.3) is 16.5 Å². The smallest absolute Gasteiger partial charge is 0.149 e. The number of anilines is 1. The van der Waals surface area contributed by atoms with E-state index in [1.54, 1.807) is 0 Å². The van der Waals surface area contributed by atoms with Gasteiger partial charge < -0.3 is 5.73 Å². The van der Waals surface area contributed by atoms with Gasteiger partial charge in [0.25, 0.3) is 0 Å². The molecule has 0 spiro atoms. The normalized spacial score (nSPS) is 10.3. The minimum atomic E-state index is -0.792. The van der Waals surface area contributed by atoms with Gasteiger partial charge in [-0.05, 0) is 11.6 Å². The Morgan fingerprint density at radius 2 is 2.13 bits per heavy atom. The van der Waals surface area contributed by atoms with Crippen molar-refractivity contribution in [2.75, 3.05) is 12.3 Å². The van der Waals surface area contributed by atoms with E-state index in [9.17, 15) is 8.78 Å². The van der Waals surface area contributed by atoms with Crippen LogP contribution in [-0.4, -0.2) is 6.54 Å². The van der Waals surface area contributed by atoms with Crippen LogP contribution in [-0.2, 0) is 0 Å². The summed E-state index contributed by atoms with van der Waals surface area (Å²) in [6, 6.07) is 1.89. The van der Waals surface area contributed by atoms with Crippen LogP contribution in [0.4, 0.5) is 14.5 Å². The van der Waals surface area contributed by atoms with E-state index in [4.69, 9.17) is 11.3 Å². The third-order valence-electron chi connectivity index (χ3n) is 1.66. The third-order valence-corrected chi connectivity index (χ3v) is 1.66. The van der Waals surface area contributed by atoms with Crippen LogP contribution in [0.3, 0.4) is 0 Å². The minimum absolute atomic E-state index is 0.104. The summed E-state index contributed by atoms with van der Waals surface area (Å²) in [7, 11) is 0. The molecule has 0 aliphatic carbocycles. The van der Waals surface area contributed by atoms with Crippen LogP contribution < -0.4 is 5.73 Å². The summed E-state index contributed by atoms with van der Waals surface area (Å²) in [5, 5.41) is 3.22. The Bertz CT molecular complexity index is 436. The van der Waals surface area contributed by atoms with E-state index in [1.807, 2.05) is 0 Å². The van der Waals surface area contributed by atoms with Crippen molar-refractivity contribution in [2.24, 2.45) is 5.11 Å². The third kappa shape index (κ3) is 2.96. The van der Waals surface area contributed by atoms with Gasteiger partial charge in [0, 0.05) is 23.1 Å². The van der Waals surface area contributed by atoms with Crippen LogP contribution in [0.2, 0.25) is 0 Å². The summed E-state index contributed by atoms with van der Waals surface area (Å²) < 4.78 is 25.8. The monoisotopic (exact) mass is 210 g/mol. The van der Waals surface area contributed by atoms with E-state index in [1.165, 1.54) is 18.2 Å². The number of halogens is 2. The standard InChI is InChI=1S/C9H8F2N4/c10-7-5-8(11)9(12)4-6(7)2-1-3-14-15-13/h1-2,4-5H,3,12H2. The number of hydrogen-bond donors (Lipinski definition) is 1. The average Bonchev–Trinajstić information content (AvgIpc) is 2.20. The van der Waals surface area contributed by atoms with Crippen molar-refractivity contribution in [2.45, 2.75) is 0 Å². The van der Waals surface area contributed by atoms with Gasteiger partial charge >= 0.3 is 0 Å². The van der Waals surface area contributed by atoms with E-state index < -0.39 is 11.6 Å². The van der Waals surface area contributed by atoms with Crippen molar-refractivity contribution < 1.29 is 8.78 Å². The summed E-state index contributed by atoms with van der Waals surface area (Å²) in [5.41, 5.74) is 13.3. The molecule has 4 nitrogen and oxygen atoms in total. The fourth-order valence-electron chi connectivity index (χ4n) is 0.974. The SMILES string of the molecule is [N-]=[N+]=NCC=Cc1cc(N)c(F)cc1F. The van der Waals surface area contributed by atoms with Crippen LogP contribution in [0.1, 0.15) is 5.56 Å². The topological polar surface area (TPSA) is 74.8 Å². The molecule has 0 aliphatic rings. The molecule has 1 aromatic rings. The van der Waals surface area contributed by atoms with Gasteiger partial charge in [-0.25, -0.2) is 8.78 Å². The maximum absolute atomic E-state index is 13.1. The maximum atomic E-state index is 13.1. The Kier molecular flexibility index (Phi) is 3.65. The molecule has 78 valence electrons. The molecule has 0 atom stereocenters. The van der Waals surface area contributed by atoms with Gasteiger partial charge in [-0.3, -0.25) is 0 Å². The van der Waals surface area contributed by atoms with Gasteiger partial charge in [0.1, 0.15) is 11.6 Å². The lowest BCUT2D eigenvalue weighted by molar-refractivity contribution is 0.584. The quantitative estimate of drug-likeness (QED) is 0.354. The van der Waals surface area contributed by atoms with Crippen molar-refractivity contribution in [3.8, 4) is 0 Å². The molecule has 2 N–H and O–H groups in total. The molecule has 0 amide bonds. The Morgan fingerprint density at radius 1 is 1.40 bits per heavy atom. The molecule has 0 unspecified atom stereocenters. The van der Waals surface area contributed by atoms with Gasteiger partial charge in [-0.1, -0.05) is 17.3 Å². The van der Waals surface area contributed by atoms with Crippen LogP contribution in [0, 0.1) is 11.6 Å². The number of hydrogen-bond acceptors (Lipinski definition) is 2. The molecular formula is C9H8F2N4. The van der Waals surface area contributed by atoms with Crippen molar-refractivity contribution in [1.29, 1.82) is 0 Å². The van der Waals surface area contributed by atoms with Crippen LogP contribution in [0.15, 0.2) is 23.3 Å². The van der Waals surface area contributed by atoms with Crippen LogP contribution >= 0.6 is 0 Å². The Morgan fingerprint density at radius 3 is 2.80 bits per heavy atom. The van der Waals surface area contributed by atoms with Crippen molar-refractivity contribution >= 4 is 11.8 Å². The van der Waals surface area contributed by atoms with Gasteiger partial charge in [0.2, 0.25) is 0 Å². The fraction of sp³-hybridized carbons (Fsp3) is 0.111. The van der Waals surface area contributed by atoms with Crippen LogP contribution in [0.5, 0.6) is 0 Å². The van der Waals surface area contributed by atoms with E-state index in [0.29, 0.717) is 6.07 Å². The zero-order valence-corrected chi connectivity index (χ0v) is 7.69. The number of benzene rings is 1. The van der Waals surface area contributed by atoms with E-state index in [0.717, 1.165) is 0 Å². The molecule has 0 aromatic heterocycles. The first-order valence-electron chi connectivity index (χ1n) is 4.07. The highest BCUT2D eigenvalue weighted by molar-refractivity contribution is 5.57. The Labute approximate surface area is 84.6 Å². The summed E-state index contributed by atoms with van der Waals surface area (Å²) in [6.07, 6.45) is 2.83. The molecule has 0 aliphatic heterocycles. The first kappa shape index (κ1) is 11.0. The van der Waals surface area contributed by atoms with Crippen molar-refractivity contribution in [3.63, 3.8) is 0 Å². The first-order valence-corrected chi connectivity index (χ1v) is 4.07. The number of nitrogen functional groups attached to an aromatic ring is 1. The Hall–Kier alpha value is -2.07. The zero-order valence-electron chi connectivity index (χ0n) is 7.69. The van der Waals surface area contributed by atoms with E-state index in [-0.39, 0.29) is 17.8 Å². The van der Waals surface area contributed by atoms with E-state index >= 15 is 0 Å². The minimum Gasteiger partial charge on any atom is -0.396 e. The lowest BCUT2D eigenvalue weighted by Gasteiger charge is -2.00. The van der Waals surface area contributed by atoms with Gasteiger partial charge in [-0.15, -0.1) is 0 Å². The summed E-state index contributed by atoms with van der Waals surface area (Å²) in [6.45, 7) is 0.104. The molecule has 0 heterocycles. The van der Waals surface area contributed by atoms with Gasteiger partial charge in [0.05, 0.1) is 5.69 Å². The van der Waals surface area contributed by atoms with Gasteiger partial charge in [0.15, 0.2) is 0 Å². The summed E-state index contributed by atoms with van der Waals surface area (Å²) in [4.78, 5) is 2.52. The molecule has 15 heavy (non-hydrogen) atoms. The largest absolute Gasteiger partial charge is 0.396 e. The van der Waals surface area contributed by atoms with Crippen molar-refractivity contribution in [3.05, 3.63) is 45.8 Å². The number of nitrogens with two attached hydrogens (primary N) is 1. The second kappa shape index (κ2) is 4.97. The molecule has 0 bridgehead atoms. The zero-order chi connectivity index (χ0) is 11.3. The predicted octanol–water partition coefficient (Wildman–Crippen LogP) is 2.87. The number of azide groups is 1. The highest BCUT2D eigenvalue weighted by atomic mass is 19.1.